The van der Waals surface area contributed by atoms with Crippen LogP contribution in [-0.2, 0) is 4.74 Å². The molecule has 2 aromatic carbocycles. The van der Waals surface area contributed by atoms with Crippen LogP contribution in [0.25, 0.3) is 0 Å². The SMILES string of the molecule is COC(C(=O)c1ccc(C)cc1)c1ccccc1. The van der Waals surface area contributed by atoms with Crippen LogP contribution in [0.1, 0.15) is 27.6 Å². The Morgan fingerprint density at radius 2 is 1.61 bits per heavy atom. The molecule has 2 aromatic rings. The summed E-state index contributed by atoms with van der Waals surface area (Å²) in [6.07, 6.45) is -0.533. The number of aryl methyl sites for hydroxylation is 1. The van der Waals surface area contributed by atoms with Gasteiger partial charge in [0, 0.05) is 12.7 Å². The van der Waals surface area contributed by atoms with Crippen LogP contribution in [0, 0.1) is 6.92 Å². The van der Waals surface area contributed by atoms with Crippen molar-refractivity contribution in [3.05, 3.63) is 71.3 Å². The summed E-state index contributed by atoms with van der Waals surface area (Å²) in [7, 11) is 1.56. The van der Waals surface area contributed by atoms with Gasteiger partial charge in [-0.05, 0) is 12.5 Å². The van der Waals surface area contributed by atoms with Gasteiger partial charge in [-0.25, -0.2) is 0 Å². The van der Waals surface area contributed by atoms with Crippen molar-refractivity contribution in [3.63, 3.8) is 0 Å². The summed E-state index contributed by atoms with van der Waals surface area (Å²) in [5.74, 6) is -0.0105. The Balaban J connectivity index is 2.28. The lowest BCUT2D eigenvalue weighted by atomic mass is 9.99. The van der Waals surface area contributed by atoms with E-state index in [1.165, 1.54) is 0 Å². The second kappa shape index (κ2) is 5.61. The first kappa shape index (κ1) is 12.5. The van der Waals surface area contributed by atoms with Gasteiger partial charge in [-0.1, -0.05) is 60.2 Å². The fourth-order valence-electron chi connectivity index (χ4n) is 1.89. The molecule has 0 saturated heterocycles. The van der Waals surface area contributed by atoms with Gasteiger partial charge in [-0.15, -0.1) is 0 Å². The summed E-state index contributed by atoms with van der Waals surface area (Å²) in [5.41, 5.74) is 2.70. The van der Waals surface area contributed by atoms with Crippen LogP contribution in [0.5, 0.6) is 0 Å². The minimum atomic E-state index is -0.533. The molecule has 1 unspecified atom stereocenters. The molecule has 18 heavy (non-hydrogen) atoms. The van der Waals surface area contributed by atoms with Gasteiger partial charge in [0.05, 0.1) is 0 Å². The Morgan fingerprint density at radius 3 is 2.17 bits per heavy atom. The van der Waals surface area contributed by atoms with E-state index < -0.39 is 6.10 Å². The number of ether oxygens (including phenoxy) is 1. The number of carbonyl (C=O) groups is 1. The molecule has 1 atom stereocenters. The largest absolute Gasteiger partial charge is 0.369 e. The van der Waals surface area contributed by atoms with Gasteiger partial charge < -0.3 is 4.74 Å². The molecule has 2 nitrogen and oxygen atoms in total. The van der Waals surface area contributed by atoms with E-state index in [9.17, 15) is 4.79 Å². The molecule has 0 aliphatic heterocycles. The van der Waals surface area contributed by atoms with Crippen LogP contribution >= 0.6 is 0 Å². The molecule has 0 bridgehead atoms. The molecule has 0 aliphatic carbocycles. The molecule has 0 amide bonds. The van der Waals surface area contributed by atoms with Crippen molar-refractivity contribution in [3.8, 4) is 0 Å². The van der Waals surface area contributed by atoms with Gasteiger partial charge in [-0.2, -0.15) is 0 Å². The summed E-state index contributed by atoms with van der Waals surface area (Å²) in [6.45, 7) is 2.00. The third-order valence-corrected chi connectivity index (χ3v) is 2.91. The summed E-state index contributed by atoms with van der Waals surface area (Å²) in [6, 6.07) is 17.1. The first-order valence-corrected chi connectivity index (χ1v) is 5.91. The average Bonchev–Trinajstić information content (AvgIpc) is 2.41. The fourth-order valence-corrected chi connectivity index (χ4v) is 1.89. The summed E-state index contributed by atoms with van der Waals surface area (Å²) in [5, 5.41) is 0. The predicted octanol–water partition coefficient (Wildman–Crippen LogP) is 3.57. The summed E-state index contributed by atoms with van der Waals surface area (Å²) >= 11 is 0. The second-order valence-corrected chi connectivity index (χ2v) is 4.26. The molecule has 2 rings (SSSR count). The van der Waals surface area contributed by atoms with Crippen molar-refractivity contribution < 1.29 is 9.53 Å². The number of carbonyl (C=O) groups excluding carboxylic acids is 1. The standard InChI is InChI=1S/C16H16O2/c1-12-8-10-13(11-9-12)15(17)16(18-2)14-6-4-3-5-7-14/h3-11,16H,1-2H3. The maximum Gasteiger partial charge on any atom is 0.196 e. The maximum absolute atomic E-state index is 12.4. The Hall–Kier alpha value is -1.93. The normalized spacial score (nSPS) is 12.1. The average molecular weight is 240 g/mol. The van der Waals surface area contributed by atoms with E-state index in [0.717, 1.165) is 11.1 Å². The molecule has 0 aliphatic rings. The Morgan fingerprint density at radius 1 is 1.00 bits per heavy atom. The number of methoxy groups -OCH3 is 1. The van der Waals surface area contributed by atoms with Crippen LogP contribution in [0.3, 0.4) is 0 Å². The summed E-state index contributed by atoms with van der Waals surface area (Å²) in [4.78, 5) is 12.4. The number of ketones is 1. The van der Waals surface area contributed by atoms with Crippen molar-refractivity contribution in [2.24, 2.45) is 0 Å². The third-order valence-electron chi connectivity index (χ3n) is 2.91. The Bertz CT molecular complexity index is 515. The number of rotatable bonds is 4. The molecular formula is C16H16O2. The first-order valence-electron chi connectivity index (χ1n) is 5.91. The zero-order valence-electron chi connectivity index (χ0n) is 10.6. The van der Waals surface area contributed by atoms with Gasteiger partial charge in [0.1, 0.15) is 6.10 Å². The van der Waals surface area contributed by atoms with Crippen LogP contribution < -0.4 is 0 Å². The highest BCUT2D eigenvalue weighted by Crippen LogP contribution is 2.21. The van der Waals surface area contributed by atoms with Crippen LogP contribution in [-0.4, -0.2) is 12.9 Å². The molecule has 0 aromatic heterocycles. The fraction of sp³-hybridized carbons (Fsp3) is 0.188. The Kier molecular flexibility index (Phi) is 3.90. The van der Waals surface area contributed by atoms with E-state index in [4.69, 9.17) is 4.74 Å². The highest BCUT2D eigenvalue weighted by Gasteiger charge is 2.20. The lowest BCUT2D eigenvalue weighted by Crippen LogP contribution is -2.14. The van der Waals surface area contributed by atoms with Gasteiger partial charge in [-0.3, -0.25) is 4.79 Å². The zero-order valence-corrected chi connectivity index (χ0v) is 10.6. The van der Waals surface area contributed by atoms with E-state index >= 15 is 0 Å². The van der Waals surface area contributed by atoms with Crippen molar-refractivity contribution in [2.45, 2.75) is 13.0 Å². The molecule has 2 heteroatoms. The molecule has 0 saturated carbocycles. The van der Waals surface area contributed by atoms with Gasteiger partial charge in [0.2, 0.25) is 0 Å². The highest BCUT2D eigenvalue weighted by atomic mass is 16.5. The smallest absolute Gasteiger partial charge is 0.196 e. The van der Waals surface area contributed by atoms with Crippen LogP contribution in [0.4, 0.5) is 0 Å². The van der Waals surface area contributed by atoms with Crippen molar-refractivity contribution >= 4 is 5.78 Å². The predicted molar refractivity (Wildman–Crippen MR) is 71.7 cm³/mol. The number of hydrogen-bond acceptors (Lipinski definition) is 2. The minimum absolute atomic E-state index is 0.0105. The van der Waals surface area contributed by atoms with Crippen molar-refractivity contribution in [1.29, 1.82) is 0 Å². The maximum atomic E-state index is 12.4. The van der Waals surface area contributed by atoms with Crippen molar-refractivity contribution in [1.82, 2.24) is 0 Å². The van der Waals surface area contributed by atoms with E-state index in [0.29, 0.717) is 5.56 Å². The molecule has 0 N–H and O–H groups in total. The highest BCUT2D eigenvalue weighted by molar-refractivity contribution is 6.00. The van der Waals surface area contributed by atoms with Gasteiger partial charge >= 0.3 is 0 Å². The quantitative estimate of drug-likeness (QED) is 0.764. The van der Waals surface area contributed by atoms with E-state index in [-0.39, 0.29) is 5.78 Å². The molecule has 0 spiro atoms. The lowest BCUT2D eigenvalue weighted by Gasteiger charge is -2.14. The number of Topliss-reactive ketones (excluding diaryl/α,β-unsaturated/α-hetero) is 1. The molecule has 0 heterocycles. The molecule has 0 radical (unpaired) electrons. The molecular weight excluding hydrogens is 224 g/mol. The van der Waals surface area contributed by atoms with Crippen LogP contribution in [0.2, 0.25) is 0 Å². The zero-order chi connectivity index (χ0) is 13.0. The topological polar surface area (TPSA) is 26.3 Å². The lowest BCUT2D eigenvalue weighted by molar-refractivity contribution is 0.0604. The van der Waals surface area contributed by atoms with Crippen LogP contribution in [0.15, 0.2) is 54.6 Å². The number of benzene rings is 2. The van der Waals surface area contributed by atoms with E-state index in [2.05, 4.69) is 0 Å². The number of hydrogen-bond donors (Lipinski definition) is 0. The van der Waals surface area contributed by atoms with Crippen molar-refractivity contribution in [2.75, 3.05) is 7.11 Å². The van der Waals surface area contributed by atoms with Gasteiger partial charge in [0.15, 0.2) is 5.78 Å². The first-order chi connectivity index (χ1) is 8.72. The monoisotopic (exact) mass is 240 g/mol. The molecule has 92 valence electrons. The summed E-state index contributed by atoms with van der Waals surface area (Å²) < 4.78 is 5.33. The second-order valence-electron chi connectivity index (χ2n) is 4.26. The van der Waals surface area contributed by atoms with E-state index in [1.807, 2.05) is 61.5 Å². The molecule has 0 fully saturated rings. The third kappa shape index (κ3) is 2.66. The minimum Gasteiger partial charge on any atom is -0.369 e. The van der Waals surface area contributed by atoms with Gasteiger partial charge in [0.25, 0.3) is 0 Å². The van der Waals surface area contributed by atoms with E-state index in [1.54, 1.807) is 7.11 Å². The Labute approximate surface area is 107 Å².